The smallest absolute Gasteiger partial charge is 0.326 e. The van der Waals surface area contributed by atoms with E-state index in [-0.39, 0.29) is 30.6 Å². The summed E-state index contributed by atoms with van der Waals surface area (Å²) in [5.41, 5.74) is 9.17. The Balaban J connectivity index is 1.11. The van der Waals surface area contributed by atoms with E-state index in [1.54, 1.807) is 6.20 Å². The summed E-state index contributed by atoms with van der Waals surface area (Å²) in [6.07, 6.45) is 4.94. The number of aliphatic carboxylic acids is 1. The molecule has 2 aliphatic heterocycles. The number of fused-ring (bicyclic) bond motifs is 2. The molecule has 9 nitrogen and oxygen atoms in total. The van der Waals surface area contributed by atoms with Crippen LogP contribution >= 0.6 is 0 Å². The van der Waals surface area contributed by atoms with E-state index in [2.05, 4.69) is 54.2 Å². The van der Waals surface area contributed by atoms with Crippen molar-refractivity contribution in [3.8, 4) is 28.4 Å². The van der Waals surface area contributed by atoms with Gasteiger partial charge in [-0.25, -0.2) is 4.79 Å². The lowest BCUT2D eigenvalue weighted by molar-refractivity contribution is -0.143. The first-order valence-electron chi connectivity index (χ1n) is 20.2. The number of carboxylic acids is 1. The second-order valence-electron chi connectivity index (χ2n) is 15.2. The van der Waals surface area contributed by atoms with Gasteiger partial charge in [-0.1, -0.05) is 87.5 Å². The number of hydrogen-bond donors (Lipinski definition) is 2. The van der Waals surface area contributed by atoms with Gasteiger partial charge < -0.3 is 24.6 Å². The lowest BCUT2D eigenvalue weighted by Gasteiger charge is -2.42. The predicted molar refractivity (Wildman–Crippen MR) is 222 cm³/mol. The van der Waals surface area contributed by atoms with E-state index in [0.29, 0.717) is 31.1 Å². The van der Waals surface area contributed by atoms with Crippen LogP contribution in [-0.4, -0.2) is 51.7 Å². The van der Waals surface area contributed by atoms with Gasteiger partial charge in [-0.2, -0.15) is 0 Å². The summed E-state index contributed by atoms with van der Waals surface area (Å²) in [4.78, 5) is 33.7. The Morgan fingerprint density at radius 1 is 0.895 bits per heavy atom. The number of carboxylic acid groups (broad SMARTS) is 1. The van der Waals surface area contributed by atoms with Crippen molar-refractivity contribution in [3.05, 3.63) is 142 Å². The van der Waals surface area contributed by atoms with Gasteiger partial charge in [-0.3, -0.25) is 14.7 Å². The molecule has 57 heavy (non-hydrogen) atoms. The van der Waals surface area contributed by atoms with Crippen LogP contribution in [-0.2, 0) is 29.0 Å². The van der Waals surface area contributed by atoms with Crippen molar-refractivity contribution in [1.29, 1.82) is 0 Å². The molecular weight excluding hydrogens is 715 g/mol. The average molecular weight is 768 g/mol. The lowest BCUT2D eigenvalue weighted by atomic mass is 9.89. The highest BCUT2D eigenvalue weighted by Gasteiger charge is 2.39. The van der Waals surface area contributed by atoms with Crippen molar-refractivity contribution in [3.63, 3.8) is 0 Å². The van der Waals surface area contributed by atoms with Crippen LogP contribution in [0, 0.1) is 13.8 Å². The number of ether oxygens (including phenoxy) is 3. The van der Waals surface area contributed by atoms with Crippen LogP contribution < -0.4 is 19.5 Å². The fraction of sp³-hybridized carbons (Fsp3) is 0.354. The normalized spacial score (nSPS) is 17.4. The van der Waals surface area contributed by atoms with Gasteiger partial charge in [-0.15, -0.1) is 0 Å². The fourth-order valence-corrected chi connectivity index (χ4v) is 8.13. The summed E-state index contributed by atoms with van der Waals surface area (Å²) in [7, 11) is 0. The molecule has 0 unspecified atom stereocenters. The van der Waals surface area contributed by atoms with Gasteiger partial charge in [0.05, 0.1) is 12.1 Å². The van der Waals surface area contributed by atoms with Crippen LogP contribution in [0.25, 0.3) is 11.1 Å². The van der Waals surface area contributed by atoms with Crippen molar-refractivity contribution in [2.75, 3.05) is 6.61 Å². The molecule has 296 valence electrons. The van der Waals surface area contributed by atoms with Crippen molar-refractivity contribution in [1.82, 2.24) is 15.2 Å². The van der Waals surface area contributed by atoms with Gasteiger partial charge in [-0.05, 0) is 114 Å². The molecule has 0 spiro atoms. The first-order chi connectivity index (χ1) is 27.6. The Bertz CT molecular complexity index is 2170. The minimum absolute atomic E-state index is 0.0760. The number of pyridine rings is 1. The van der Waals surface area contributed by atoms with Crippen LogP contribution in [0.15, 0.2) is 103 Å². The number of aromatic nitrogens is 1. The molecule has 0 bridgehead atoms. The Kier molecular flexibility index (Phi) is 12.2. The van der Waals surface area contributed by atoms with E-state index in [1.165, 1.54) is 0 Å². The zero-order valence-corrected chi connectivity index (χ0v) is 33.5. The maximum atomic E-state index is 14.4. The highest BCUT2D eigenvalue weighted by atomic mass is 16.6. The SMILES string of the molecule is CCC(CC)Oc1ccc([C@H]2COc3cc4c(cc3O2)CN([C@@H](CC)c2ccccc2)[C@H](C(=O)N[C@@H](Cc2ccc(-c3ccnc(C)c3C)cc2)C(=O)O)C4)cc1. The maximum Gasteiger partial charge on any atom is 0.326 e. The number of nitrogens with zero attached hydrogens (tertiary/aromatic N) is 2. The second-order valence-corrected chi connectivity index (χ2v) is 15.2. The molecule has 9 heteroatoms. The molecule has 0 radical (unpaired) electrons. The summed E-state index contributed by atoms with van der Waals surface area (Å²) >= 11 is 0. The Labute approximate surface area is 336 Å². The summed E-state index contributed by atoms with van der Waals surface area (Å²) < 4.78 is 19.0. The number of rotatable bonds is 14. The predicted octanol–water partition coefficient (Wildman–Crippen LogP) is 9.14. The first kappa shape index (κ1) is 39.6. The van der Waals surface area contributed by atoms with E-state index >= 15 is 0 Å². The van der Waals surface area contributed by atoms with Crippen molar-refractivity contribution < 1.29 is 28.9 Å². The average Bonchev–Trinajstić information content (AvgIpc) is 3.23. The topological polar surface area (TPSA) is 110 Å². The monoisotopic (exact) mass is 767 g/mol. The second kappa shape index (κ2) is 17.6. The Hall–Kier alpha value is -5.67. The maximum absolute atomic E-state index is 14.4. The number of amides is 1. The molecule has 0 aliphatic carbocycles. The Morgan fingerprint density at radius 3 is 2.30 bits per heavy atom. The fourth-order valence-electron chi connectivity index (χ4n) is 8.13. The van der Waals surface area contributed by atoms with Gasteiger partial charge in [0, 0.05) is 30.9 Å². The molecule has 1 amide bonds. The van der Waals surface area contributed by atoms with Crippen molar-refractivity contribution >= 4 is 11.9 Å². The minimum atomic E-state index is -1.11. The quantitative estimate of drug-likeness (QED) is 0.115. The summed E-state index contributed by atoms with van der Waals surface area (Å²) in [5, 5.41) is 13.3. The van der Waals surface area contributed by atoms with E-state index in [0.717, 1.165) is 75.2 Å². The standard InChI is InChI=1S/C48H53N3O6/c1-6-38(7-2)56-39-20-18-35(19-21-39)46-29-55-44-26-36-25-43(51(28-37(36)27-45(44)57-46)42(8-3)34-12-10-9-11-13-34)47(52)50-41(48(53)54)24-32-14-16-33(17-15-32)40-22-23-49-31(5)30(40)4/h9-23,26-27,38,41-43,46H,6-8,24-25,28-29H2,1-5H3,(H,50,52)(H,53,54)/t41-,42-,43-,46+/m0/s1. The van der Waals surface area contributed by atoms with Crippen LogP contribution in [0.5, 0.6) is 17.2 Å². The van der Waals surface area contributed by atoms with Crippen molar-refractivity contribution in [2.24, 2.45) is 0 Å². The molecule has 0 fully saturated rings. The van der Waals surface area contributed by atoms with E-state index in [1.807, 2.05) is 92.7 Å². The van der Waals surface area contributed by atoms with Gasteiger partial charge >= 0.3 is 5.97 Å². The van der Waals surface area contributed by atoms with Crippen LogP contribution in [0.3, 0.4) is 0 Å². The van der Waals surface area contributed by atoms with Gasteiger partial charge in [0.2, 0.25) is 5.91 Å². The highest BCUT2D eigenvalue weighted by molar-refractivity contribution is 5.87. The highest BCUT2D eigenvalue weighted by Crippen LogP contribution is 2.42. The zero-order valence-electron chi connectivity index (χ0n) is 33.5. The molecule has 5 aromatic rings. The molecular formula is C48H53N3O6. The largest absolute Gasteiger partial charge is 0.490 e. The number of hydrogen-bond acceptors (Lipinski definition) is 7. The van der Waals surface area contributed by atoms with E-state index in [9.17, 15) is 14.7 Å². The first-order valence-corrected chi connectivity index (χ1v) is 20.2. The lowest BCUT2D eigenvalue weighted by Crippen LogP contribution is -2.55. The molecule has 3 heterocycles. The summed E-state index contributed by atoms with van der Waals surface area (Å²) in [6.45, 7) is 11.3. The third-order valence-electron chi connectivity index (χ3n) is 11.6. The summed E-state index contributed by atoms with van der Waals surface area (Å²) in [6, 6.07) is 30.4. The molecule has 4 atom stereocenters. The van der Waals surface area contributed by atoms with Crippen LogP contribution in [0.2, 0.25) is 0 Å². The van der Waals surface area contributed by atoms with Gasteiger partial charge in [0.25, 0.3) is 0 Å². The number of nitrogens with one attached hydrogen (secondary N) is 1. The molecule has 7 rings (SSSR count). The summed E-state index contributed by atoms with van der Waals surface area (Å²) in [5.74, 6) is 0.771. The number of benzene rings is 4. The molecule has 2 N–H and O–H groups in total. The number of carbonyl (C=O) groups is 2. The molecule has 0 saturated heterocycles. The molecule has 0 saturated carbocycles. The number of carbonyl (C=O) groups excluding carboxylic acids is 1. The minimum Gasteiger partial charge on any atom is -0.490 e. The molecule has 2 aliphatic rings. The zero-order chi connectivity index (χ0) is 40.1. The van der Waals surface area contributed by atoms with E-state index < -0.39 is 18.1 Å². The van der Waals surface area contributed by atoms with Crippen LogP contribution in [0.1, 0.15) is 91.3 Å². The van der Waals surface area contributed by atoms with Crippen LogP contribution in [0.4, 0.5) is 0 Å². The molecule has 1 aromatic heterocycles. The van der Waals surface area contributed by atoms with Crippen molar-refractivity contribution in [2.45, 2.75) is 104 Å². The number of aryl methyl sites for hydroxylation is 1. The molecule has 4 aromatic carbocycles. The van der Waals surface area contributed by atoms with Gasteiger partial charge in [0.1, 0.15) is 18.4 Å². The van der Waals surface area contributed by atoms with E-state index in [4.69, 9.17) is 14.2 Å². The third-order valence-corrected chi connectivity index (χ3v) is 11.6. The third kappa shape index (κ3) is 8.84. The Morgan fingerprint density at radius 2 is 1.61 bits per heavy atom. The van der Waals surface area contributed by atoms with Gasteiger partial charge in [0.15, 0.2) is 17.6 Å².